The number of aromatic nitrogens is 1. The highest BCUT2D eigenvalue weighted by molar-refractivity contribution is 9.11. The van der Waals surface area contributed by atoms with Crippen LogP contribution >= 0.6 is 15.9 Å². The van der Waals surface area contributed by atoms with Gasteiger partial charge in [0.2, 0.25) is 0 Å². The zero-order valence-corrected chi connectivity index (χ0v) is 7.54. The number of allylic oxidation sites excluding steroid dienone is 1. The van der Waals surface area contributed by atoms with Gasteiger partial charge in [0.15, 0.2) is 5.43 Å². The smallest absolute Gasteiger partial charge is 0.181 e. The molecule has 58 valence electrons. The van der Waals surface area contributed by atoms with E-state index in [1.807, 2.05) is 4.57 Å². The minimum absolute atomic E-state index is 0.0291. The van der Waals surface area contributed by atoms with Crippen LogP contribution in [-0.2, 0) is 6.54 Å². The summed E-state index contributed by atoms with van der Waals surface area (Å²) < 4.78 is 2.76. The molecule has 1 aromatic heterocycles. The maximum absolute atomic E-state index is 10.7. The van der Waals surface area contributed by atoms with Crippen molar-refractivity contribution < 1.29 is 0 Å². The van der Waals surface area contributed by atoms with Crippen LogP contribution in [0.3, 0.4) is 0 Å². The van der Waals surface area contributed by atoms with Gasteiger partial charge in [-0.3, -0.25) is 4.79 Å². The van der Waals surface area contributed by atoms with Crippen molar-refractivity contribution in [3.63, 3.8) is 0 Å². The summed E-state index contributed by atoms with van der Waals surface area (Å²) in [7, 11) is 0. The van der Waals surface area contributed by atoms with Gasteiger partial charge in [0, 0.05) is 29.0 Å². The zero-order valence-electron chi connectivity index (χ0n) is 5.96. The molecule has 0 saturated heterocycles. The van der Waals surface area contributed by atoms with Crippen molar-refractivity contribution in [2.75, 3.05) is 0 Å². The molecule has 3 heteroatoms. The molecule has 0 spiro atoms. The monoisotopic (exact) mass is 213 g/mol. The minimum Gasteiger partial charge on any atom is -0.349 e. The summed E-state index contributed by atoms with van der Waals surface area (Å²) in [6, 6.07) is 3.05. The van der Waals surface area contributed by atoms with Crippen LogP contribution in [0.15, 0.2) is 40.4 Å². The Morgan fingerprint density at radius 2 is 2.09 bits per heavy atom. The first-order chi connectivity index (χ1) is 5.18. The van der Waals surface area contributed by atoms with Crippen LogP contribution in [0, 0.1) is 0 Å². The van der Waals surface area contributed by atoms with E-state index in [1.54, 1.807) is 12.4 Å². The van der Waals surface area contributed by atoms with Gasteiger partial charge < -0.3 is 4.57 Å². The molecular formula is C8H8BrNO. The van der Waals surface area contributed by atoms with Crippen molar-refractivity contribution in [3.05, 3.63) is 45.8 Å². The number of rotatable bonds is 2. The fourth-order valence-electron chi connectivity index (χ4n) is 0.747. The molecule has 0 aliphatic rings. The van der Waals surface area contributed by atoms with Crippen LogP contribution in [0.25, 0.3) is 0 Å². The Morgan fingerprint density at radius 1 is 1.55 bits per heavy atom. The van der Waals surface area contributed by atoms with Crippen LogP contribution in [0.5, 0.6) is 0 Å². The third-order valence-electron chi connectivity index (χ3n) is 1.21. The van der Waals surface area contributed by atoms with Crippen LogP contribution in [0.2, 0.25) is 0 Å². The standard InChI is InChI=1S/C8H8BrNO/c1-7(9)6-10-4-2-8(11)3-5-10/h2-5H,1,6H2. The van der Waals surface area contributed by atoms with E-state index >= 15 is 0 Å². The first-order valence-corrected chi connectivity index (χ1v) is 3.97. The van der Waals surface area contributed by atoms with Gasteiger partial charge in [-0.1, -0.05) is 22.5 Å². The topological polar surface area (TPSA) is 22.0 Å². The van der Waals surface area contributed by atoms with E-state index in [9.17, 15) is 4.79 Å². The summed E-state index contributed by atoms with van der Waals surface area (Å²) >= 11 is 3.24. The van der Waals surface area contributed by atoms with Gasteiger partial charge in [-0.2, -0.15) is 0 Å². The van der Waals surface area contributed by atoms with Gasteiger partial charge in [0.25, 0.3) is 0 Å². The maximum Gasteiger partial charge on any atom is 0.181 e. The van der Waals surface area contributed by atoms with E-state index in [2.05, 4.69) is 22.5 Å². The lowest BCUT2D eigenvalue weighted by Gasteiger charge is -2.01. The van der Waals surface area contributed by atoms with E-state index in [1.165, 1.54) is 12.1 Å². The summed E-state index contributed by atoms with van der Waals surface area (Å²) in [5.74, 6) is 0. The second-order valence-corrected chi connectivity index (χ2v) is 3.34. The normalized spacial score (nSPS) is 9.55. The molecule has 2 nitrogen and oxygen atoms in total. The fourth-order valence-corrected chi connectivity index (χ4v) is 1.04. The highest BCUT2D eigenvalue weighted by Crippen LogP contribution is 2.02. The van der Waals surface area contributed by atoms with Gasteiger partial charge in [0.05, 0.1) is 6.54 Å². The van der Waals surface area contributed by atoms with Crippen molar-refractivity contribution >= 4 is 15.9 Å². The van der Waals surface area contributed by atoms with Crippen LogP contribution in [0.4, 0.5) is 0 Å². The van der Waals surface area contributed by atoms with Crippen molar-refractivity contribution in [1.82, 2.24) is 4.57 Å². The third-order valence-corrected chi connectivity index (χ3v) is 1.47. The molecule has 11 heavy (non-hydrogen) atoms. The first kappa shape index (κ1) is 8.27. The van der Waals surface area contributed by atoms with Gasteiger partial charge in [-0.25, -0.2) is 0 Å². The average Bonchev–Trinajstić information content (AvgIpc) is 1.93. The van der Waals surface area contributed by atoms with E-state index < -0.39 is 0 Å². The number of halogens is 1. The molecule has 0 aliphatic heterocycles. The second-order valence-electron chi connectivity index (χ2n) is 2.22. The lowest BCUT2D eigenvalue weighted by molar-refractivity contribution is 0.806. The molecule has 0 aliphatic carbocycles. The lowest BCUT2D eigenvalue weighted by atomic mass is 10.4. The predicted molar refractivity (Wildman–Crippen MR) is 48.8 cm³/mol. The molecule has 0 unspecified atom stereocenters. The van der Waals surface area contributed by atoms with Crippen LogP contribution in [-0.4, -0.2) is 4.57 Å². The molecule has 0 N–H and O–H groups in total. The Balaban J connectivity index is 2.82. The molecule has 1 aromatic rings. The van der Waals surface area contributed by atoms with E-state index in [4.69, 9.17) is 0 Å². The molecule has 0 amide bonds. The predicted octanol–water partition coefficient (Wildman–Crippen LogP) is 1.76. The molecule has 0 bridgehead atoms. The molecule has 0 radical (unpaired) electrons. The molecule has 1 heterocycles. The molecule has 1 rings (SSSR count). The minimum atomic E-state index is 0.0291. The summed E-state index contributed by atoms with van der Waals surface area (Å²) in [4.78, 5) is 10.7. The number of hydrogen-bond acceptors (Lipinski definition) is 1. The zero-order chi connectivity index (χ0) is 8.27. The van der Waals surface area contributed by atoms with Crippen molar-refractivity contribution in [3.8, 4) is 0 Å². The van der Waals surface area contributed by atoms with Crippen molar-refractivity contribution in [1.29, 1.82) is 0 Å². The molecule has 0 fully saturated rings. The van der Waals surface area contributed by atoms with Gasteiger partial charge in [-0.15, -0.1) is 0 Å². The molecule has 0 atom stereocenters. The van der Waals surface area contributed by atoms with Crippen LogP contribution < -0.4 is 5.43 Å². The van der Waals surface area contributed by atoms with Crippen LogP contribution in [0.1, 0.15) is 0 Å². The number of pyridine rings is 1. The van der Waals surface area contributed by atoms with E-state index in [0.717, 1.165) is 4.48 Å². The quantitative estimate of drug-likeness (QED) is 0.735. The number of hydrogen-bond donors (Lipinski definition) is 0. The SMILES string of the molecule is C=C(Br)Cn1ccc(=O)cc1. The summed E-state index contributed by atoms with van der Waals surface area (Å²) in [5.41, 5.74) is 0.0291. The van der Waals surface area contributed by atoms with E-state index in [0.29, 0.717) is 6.54 Å². The van der Waals surface area contributed by atoms with Gasteiger partial charge >= 0.3 is 0 Å². The summed E-state index contributed by atoms with van der Waals surface area (Å²) in [5, 5.41) is 0. The maximum atomic E-state index is 10.7. The van der Waals surface area contributed by atoms with Gasteiger partial charge in [0.1, 0.15) is 0 Å². The second kappa shape index (κ2) is 3.53. The molecule has 0 aromatic carbocycles. The Labute approximate surface area is 73.3 Å². The largest absolute Gasteiger partial charge is 0.349 e. The van der Waals surface area contributed by atoms with E-state index in [-0.39, 0.29) is 5.43 Å². The summed E-state index contributed by atoms with van der Waals surface area (Å²) in [6.07, 6.45) is 3.46. The van der Waals surface area contributed by atoms with Crippen molar-refractivity contribution in [2.45, 2.75) is 6.54 Å². The molecular weight excluding hydrogens is 206 g/mol. The lowest BCUT2D eigenvalue weighted by Crippen LogP contribution is -2.03. The Hall–Kier alpha value is -0.830. The van der Waals surface area contributed by atoms with Crippen molar-refractivity contribution in [2.24, 2.45) is 0 Å². The highest BCUT2D eigenvalue weighted by Gasteiger charge is 1.88. The first-order valence-electron chi connectivity index (χ1n) is 3.18. The Kier molecular flexibility index (Phi) is 2.65. The Morgan fingerprint density at radius 3 is 2.55 bits per heavy atom. The third kappa shape index (κ3) is 2.72. The highest BCUT2D eigenvalue weighted by atomic mass is 79.9. The summed E-state index contributed by atoms with van der Waals surface area (Å²) in [6.45, 7) is 4.39. The average molecular weight is 214 g/mol. The number of nitrogens with zero attached hydrogens (tertiary/aromatic N) is 1. The fraction of sp³-hybridized carbons (Fsp3) is 0.125. The molecule has 0 saturated carbocycles. The Bertz CT molecular complexity index is 296. The van der Waals surface area contributed by atoms with Gasteiger partial charge in [-0.05, 0) is 0 Å².